The highest BCUT2D eigenvalue weighted by Gasteiger charge is 2.46. The number of hydrogen-bond donors (Lipinski definition) is 0. The van der Waals surface area contributed by atoms with Crippen molar-refractivity contribution >= 4 is 34.8 Å². The Balaban J connectivity index is 2.38. The molecule has 2 unspecified atom stereocenters. The first-order valence-electron chi connectivity index (χ1n) is 3.54. The van der Waals surface area contributed by atoms with Gasteiger partial charge in [0.05, 0.1) is 12.2 Å². The average molecular weight is 218 g/mol. The molecular formula is C7H11Cl3O. The number of halogens is 3. The second-order valence-corrected chi connectivity index (χ2v) is 5.84. The normalized spacial score (nSPS) is 33.5. The van der Waals surface area contributed by atoms with Crippen molar-refractivity contribution in [2.75, 3.05) is 6.61 Å². The zero-order valence-corrected chi connectivity index (χ0v) is 8.80. The zero-order valence-electron chi connectivity index (χ0n) is 6.53. The van der Waals surface area contributed by atoms with E-state index in [0.717, 1.165) is 6.61 Å². The maximum absolute atomic E-state index is 5.64. The molecule has 0 saturated carbocycles. The minimum Gasteiger partial charge on any atom is -0.370 e. The van der Waals surface area contributed by atoms with Crippen molar-refractivity contribution in [2.45, 2.75) is 29.7 Å². The van der Waals surface area contributed by atoms with Crippen molar-refractivity contribution in [1.82, 2.24) is 0 Å². The maximum Gasteiger partial charge on any atom is 0.191 e. The molecule has 1 aliphatic rings. The molecule has 0 aromatic rings. The van der Waals surface area contributed by atoms with Crippen LogP contribution in [0.4, 0.5) is 0 Å². The molecule has 1 heterocycles. The van der Waals surface area contributed by atoms with Crippen LogP contribution in [-0.2, 0) is 4.74 Å². The fourth-order valence-electron chi connectivity index (χ4n) is 0.961. The summed E-state index contributed by atoms with van der Waals surface area (Å²) in [5, 5.41) is 0. The van der Waals surface area contributed by atoms with Crippen molar-refractivity contribution in [3.63, 3.8) is 0 Å². The Hall–Kier alpha value is 0.830. The molecule has 0 radical (unpaired) electrons. The summed E-state index contributed by atoms with van der Waals surface area (Å²) in [4.78, 5) is 0. The van der Waals surface area contributed by atoms with Crippen LogP contribution in [0, 0.1) is 5.92 Å². The average Bonchev–Trinajstić information content (AvgIpc) is 2.44. The lowest BCUT2D eigenvalue weighted by Crippen LogP contribution is -2.22. The highest BCUT2D eigenvalue weighted by molar-refractivity contribution is 6.67. The van der Waals surface area contributed by atoms with Gasteiger partial charge in [0.15, 0.2) is 3.79 Å². The lowest BCUT2D eigenvalue weighted by atomic mass is 9.94. The van der Waals surface area contributed by atoms with E-state index in [0.29, 0.717) is 12.3 Å². The highest BCUT2D eigenvalue weighted by atomic mass is 35.6. The molecule has 0 N–H and O–H groups in total. The fourth-order valence-corrected chi connectivity index (χ4v) is 1.66. The monoisotopic (exact) mass is 216 g/mol. The second kappa shape index (κ2) is 2.95. The quantitative estimate of drug-likeness (QED) is 0.511. The van der Waals surface area contributed by atoms with Gasteiger partial charge in [-0.25, -0.2) is 0 Å². The van der Waals surface area contributed by atoms with Gasteiger partial charge in [-0.15, -0.1) is 0 Å². The number of rotatable bonds is 2. The van der Waals surface area contributed by atoms with Gasteiger partial charge < -0.3 is 4.74 Å². The third kappa shape index (κ3) is 2.98. The van der Waals surface area contributed by atoms with Crippen molar-refractivity contribution < 1.29 is 4.74 Å². The number of ether oxygens (including phenoxy) is 1. The maximum atomic E-state index is 5.64. The minimum atomic E-state index is -1.14. The van der Waals surface area contributed by atoms with E-state index in [2.05, 4.69) is 0 Å². The van der Waals surface area contributed by atoms with Gasteiger partial charge in [0, 0.05) is 0 Å². The molecule has 0 spiro atoms. The van der Waals surface area contributed by atoms with Crippen LogP contribution in [0.15, 0.2) is 0 Å². The molecule has 0 aromatic heterocycles. The van der Waals surface area contributed by atoms with Crippen LogP contribution in [0.1, 0.15) is 20.3 Å². The van der Waals surface area contributed by atoms with Gasteiger partial charge in [-0.1, -0.05) is 41.7 Å². The van der Waals surface area contributed by atoms with Gasteiger partial charge in [0.1, 0.15) is 0 Å². The first kappa shape index (κ1) is 9.91. The third-order valence-corrected chi connectivity index (χ3v) is 2.64. The van der Waals surface area contributed by atoms with Gasteiger partial charge in [-0.3, -0.25) is 0 Å². The molecule has 0 aliphatic carbocycles. The topological polar surface area (TPSA) is 12.5 Å². The molecule has 0 amide bonds. The Morgan fingerprint density at radius 3 is 2.27 bits per heavy atom. The van der Waals surface area contributed by atoms with Crippen LogP contribution in [0.5, 0.6) is 0 Å². The van der Waals surface area contributed by atoms with E-state index in [-0.39, 0.29) is 5.60 Å². The van der Waals surface area contributed by atoms with Gasteiger partial charge in [-0.05, 0) is 19.3 Å². The number of alkyl halides is 3. The summed E-state index contributed by atoms with van der Waals surface area (Å²) in [5.74, 6) is 0.301. The molecule has 66 valence electrons. The number of epoxide rings is 1. The van der Waals surface area contributed by atoms with E-state index in [9.17, 15) is 0 Å². The summed E-state index contributed by atoms with van der Waals surface area (Å²) >= 11 is 16.9. The first-order chi connectivity index (χ1) is 4.83. The fraction of sp³-hybridized carbons (Fsp3) is 1.00. The summed E-state index contributed by atoms with van der Waals surface area (Å²) in [6.07, 6.45) is 0.550. The summed E-state index contributed by atoms with van der Waals surface area (Å²) < 4.78 is 4.08. The van der Waals surface area contributed by atoms with Crippen LogP contribution in [-0.4, -0.2) is 16.0 Å². The van der Waals surface area contributed by atoms with Crippen molar-refractivity contribution in [1.29, 1.82) is 0 Å². The lowest BCUT2D eigenvalue weighted by Gasteiger charge is -2.20. The Morgan fingerprint density at radius 2 is 2.00 bits per heavy atom. The van der Waals surface area contributed by atoms with Crippen molar-refractivity contribution in [3.05, 3.63) is 0 Å². The summed E-state index contributed by atoms with van der Waals surface area (Å²) in [5.41, 5.74) is -0.0378. The van der Waals surface area contributed by atoms with Crippen LogP contribution >= 0.6 is 34.8 Å². The molecule has 0 bridgehead atoms. The smallest absolute Gasteiger partial charge is 0.191 e. The molecule has 1 aliphatic heterocycles. The molecule has 1 nitrogen and oxygen atoms in total. The third-order valence-electron chi connectivity index (χ3n) is 2.18. The SMILES string of the molecule is CC(CC(Cl)(Cl)Cl)C1(C)CO1. The molecule has 1 fully saturated rings. The zero-order chi connectivity index (χ0) is 8.70. The van der Waals surface area contributed by atoms with Gasteiger partial charge >= 0.3 is 0 Å². The minimum absolute atomic E-state index is 0.0378. The molecular weight excluding hydrogens is 206 g/mol. The highest BCUT2D eigenvalue weighted by Crippen LogP contribution is 2.43. The van der Waals surface area contributed by atoms with Crippen LogP contribution in [0.2, 0.25) is 0 Å². The first-order valence-corrected chi connectivity index (χ1v) is 4.68. The van der Waals surface area contributed by atoms with Gasteiger partial charge in [-0.2, -0.15) is 0 Å². The van der Waals surface area contributed by atoms with E-state index in [1.807, 2.05) is 13.8 Å². The van der Waals surface area contributed by atoms with Crippen LogP contribution in [0.3, 0.4) is 0 Å². The standard InChI is InChI=1S/C7H11Cl3O/c1-5(3-7(8,9)10)6(2)4-11-6/h5H,3-4H2,1-2H3. The van der Waals surface area contributed by atoms with E-state index in [1.165, 1.54) is 0 Å². The van der Waals surface area contributed by atoms with Gasteiger partial charge in [0.2, 0.25) is 0 Å². The predicted octanol–water partition coefficient (Wildman–Crippen LogP) is 3.17. The van der Waals surface area contributed by atoms with E-state index >= 15 is 0 Å². The van der Waals surface area contributed by atoms with Gasteiger partial charge in [0.25, 0.3) is 0 Å². The molecule has 1 rings (SSSR count). The largest absolute Gasteiger partial charge is 0.370 e. The molecule has 0 aromatic carbocycles. The predicted molar refractivity (Wildman–Crippen MR) is 48.4 cm³/mol. The van der Waals surface area contributed by atoms with Crippen molar-refractivity contribution in [2.24, 2.45) is 5.92 Å². The van der Waals surface area contributed by atoms with Crippen LogP contribution in [0.25, 0.3) is 0 Å². The number of hydrogen-bond acceptors (Lipinski definition) is 1. The van der Waals surface area contributed by atoms with Crippen LogP contribution < -0.4 is 0 Å². The van der Waals surface area contributed by atoms with Crippen molar-refractivity contribution in [3.8, 4) is 0 Å². The Labute approximate surface area is 81.9 Å². The lowest BCUT2D eigenvalue weighted by molar-refractivity contribution is 0.239. The summed E-state index contributed by atoms with van der Waals surface area (Å²) in [6.45, 7) is 4.86. The summed E-state index contributed by atoms with van der Waals surface area (Å²) in [6, 6.07) is 0. The Kier molecular flexibility index (Phi) is 2.66. The second-order valence-electron chi connectivity index (χ2n) is 3.32. The summed E-state index contributed by atoms with van der Waals surface area (Å²) in [7, 11) is 0. The molecule has 1 saturated heterocycles. The molecule has 2 atom stereocenters. The van der Waals surface area contributed by atoms with E-state index < -0.39 is 3.79 Å². The molecule has 11 heavy (non-hydrogen) atoms. The Bertz CT molecular complexity index is 148. The molecule has 4 heteroatoms. The van der Waals surface area contributed by atoms with E-state index in [4.69, 9.17) is 39.5 Å². The Morgan fingerprint density at radius 1 is 1.55 bits per heavy atom. The van der Waals surface area contributed by atoms with E-state index in [1.54, 1.807) is 0 Å².